The smallest absolute Gasteiger partial charge is 0.317 e. The first-order chi connectivity index (χ1) is 20.5. The van der Waals surface area contributed by atoms with Crippen molar-refractivity contribution >= 4 is 39.2 Å². The molecule has 2 unspecified atom stereocenters. The standard InChI is InChI=1S/C31H43N5O6S/c1-3-35(31(40)32-24-13-8-5-9-14-24)21-28(37)27(17-22-11-6-4-7-12-22)33-30(39)23-18-25(34-43(2,41)42)20-26(19-23)36-16-10-15-29(36)38/h4,6-7,11-12,18-20,24,27-28,34,37H,3,5,8-10,13-17,21H2,1-2H3,(H,32,40)(H,33,39). The second-order valence-corrected chi connectivity index (χ2v) is 13.2. The lowest BCUT2D eigenvalue weighted by molar-refractivity contribution is -0.117. The van der Waals surface area contributed by atoms with Gasteiger partial charge in [-0.25, -0.2) is 13.2 Å². The monoisotopic (exact) mass is 613 g/mol. The molecule has 1 saturated heterocycles. The number of anilines is 2. The van der Waals surface area contributed by atoms with E-state index < -0.39 is 28.1 Å². The van der Waals surface area contributed by atoms with Crippen LogP contribution in [0.5, 0.6) is 0 Å². The third-order valence-corrected chi connectivity index (χ3v) is 8.56. The summed E-state index contributed by atoms with van der Waals surface area (Å²) in [6.07, 6.45) is 6.47. The maximum Gasteiger partial charge on any atom is 0.317 e. The largest absolute Gasteiger partial charge is 0.389 e. The van der Waals surface area contributed by atoms with Crippen LogP contribution in [0.15, 0.2) is 48.5 Å². The molecule has 4 rings (SSSR count). The maximum atomic E-state index is 13.7. The summed E-state index contributed by atoms with van der Waals surface area (Å²) in [6.45, 7) is 2.71. The molecule has 2 aliphatic rings. The van der Waals surface area contributed by atoms with Gasteiger partial charge in [-0.3, -0.25) is 14.3 Å². The molecule has 2 atom stereocenters. The van der Waals surface area contributed by atoms with Gasteiger partial charge in [0.2, 0.25) is 15.9 Å². The van der Waals surface area contributed by atoms with E-state index >= 15 is 0 Å². The van der Waals surface area contributed by atoms with Gasteiger partial charge in [0.15, 0.2) is 0 Å². The molecule has 2 fully saturated rings. The molecule has 11 nitrogen and oxygen atoms in total. The van der Waals surface area contributed by atoms with Crippen LogP contribution in [0.2, 0.25) is 0 Å². The number of aliphatic hydroxyl groups is 1. The topological polar surface area (TPSA) is 148 Å². The lowest BCUT2D eigenvalue weighted by Crippen LogP contribution is -2.53. The molecule has 1 heterocycles. The van der Waals surface area contributed by atoms with Gasteiger partial charge in [0.05, 0.1) is 30.6 Å². The fourth-order valence-corrected chi connectivity index (χ4v) is 6.26. The molecule has 0 aromatic heterocycles. The van der Waals surface area contributed by atoms with E-state index in [2.05, 4.69) is 15.4 Å². The Balaban J connectivity index is 1.56. The number of hydrogen-bond donors (Lipinski definition) is 4. The average molecular weight is 614 g/mol. The lowest BCUT2D eigenvalue weighted by Gasteiger charge is -2.32. The number of nitrogens with one attached hydrogen (secondary N) is 3. The zero-order valence-corrected chi connectivity index (χ0v) is 25.7. The second-order valence-electron chi connectivity index (χ2n) is 11.5. The number of aliphatic hydroxyl groups excluding tert-OH is 1. The zero-order chi connectivity index (χ0) is 31.0. The van der Waals surface area contributed by atoms with Crippen LogP contribution < -0.4 is 20.3 Å². The second kappa shape index (κ2) is 14.7. The van der Waals surface area contributed by atoms with Crippen LogP contribution in [0.1, 0.15) is 67.8 Å². The van der Waals surface area contributed by atoms with E-state index in [0.717, 1.165) is 37.5 Å². The van der Waals surface area contributed by atoms with Crippen LogP contribution >= 0.6 is 0 Å². The number of carbonyl (C=O) groups is 3. The first-order valence-corrected chi connectivity index (χ1v) is 16.9. The van der Waals surface area contributed by atoms with Crippen molar-refractivity contribution < 1.29 is 27.9 Å². The quantitative estimate of drug-likeness (QED) is 0.289. The van der Waals surface area contributed by atoms with Gasteiger partial charge in [0.25, 0.3) is 5.91 Å². The molecular formula is C31H43N5O6S. The van der Waals surface area contributed by atoms with E-state index in [0.29, 0.717) is 38.0 Å². The number of hydrogen-bond acceptors (Lipinski definition) is 6. The molecular weight excluding hydrogens is 570 g/mol. The molecule has 2 aromatic carbocycles. The Morgan fingerprint density at radius 2 is 1.79 bits per heavy atom. The summed E-state index contributed by atoms with van der Waals surface area (Å²) < 4.78 is 26.4. The fourth-order valence-electron chi connectivity index (χ4n) is 5.72. The summed E-state index contributed by atoms with van der Waals surface area (Å²) in [7, 11) is -3.65. The molecule has 0 spiro atoms. The molecule has 1 aliphatic carbocycles. The highest BCUT2D eigenvalue weighted by Crippen LogP contribution is 2.27. The van der Waals surface area contributed by atoms with Crippen molar-refractivity contribution in [3.63, 3.8) is 0 Å². The molecule has 12 heteroatoms. The molecule has 1 aliphatic heterocycles. The van der Waals surface area contributed by atoms with Crippen molar-refractivity contribution in [3.05, 3.63) is 59.7 Å². The Bertz CT molecular complexity index is 1380. The zero-order valence-electron chi connectivity index (χ0n) is 24.9. The molecule has 0 bridgehead atoms. The normalized spacial score (nSPS) is 17.3. The summed E-state index contributed by atoms with van der Waals surface area (Å²) in [6, 6.07) is 13.0. The predicted octanol–water partition coefficient (Wildman–Crippen LogP) is 3.25. The molecule has 2 aromatic rings. The van der Waals surface area contributed by atoms with Gasteiger partial charge in [0.1, 0.15) is 0 Å². The molecule has 43 heavy (non-hydrogen) atoms. The molecule has 4 N–H and O–H groups in total. The number of urea groups is 1. The van der Waals surface area contributed by atoms with Gasteiger partial charge in [-0.15, -0.1) is 0 Å². The number of benzene rings is 2. The third kappa shape index (κ3) is 9.42. The average Bonchev–Trinajstić information content (AvgIpc) is 3.41. The highest BCUT2D eigenvalue weighted by molar-refractivity contribution is 7.92. The number of likely N-dealkylation sites (N-methyl/N-ethyl adjacent to an activating group) is 1. The van der Waals surface area contributed by atoms with Crippen LogP contribution in [0, 0.1) is 0 Å². The van der Waals surface area contributed by atoms with Crippen LogP contribution in [0.25, 0.3) is 0 Å². The maximum absolute atomic E-state index is 13.7. The minimum atomic E-state index is -3.65. The summed E-state index contributed by atoms with van der Waals surface area (Å²) in [5.74, 6) is -0.647. The Kier molecular flexibility index (Phi) is 11.0. The minimum absolute atomic E-state index is 0.00996. The first kappa shape index (κ1) is 32.3. The Morgan fingerprint density at radius 3 is 2.42 bits per heavy atom. The van der Waals surface area contributed by atoms with Crippen molar-refractivity contribution in [2.75, 3.05) is 35.5 Å². The van der Waals surface area contributed by atoms with E-state index in [9.17, 15) is 27.9 Å². The minimum Gasteiger partial charge on any atom is -0.389 e. The van der Waals surface area contributed by atoms with E-state index in [1.165, 1.54) is 23.5 Å². The highest BCUT2D eigenvalue weighted by Gasteiger charge is 2.29. The van der Waals surface area contributed by atoms with Gasteiger partial charge >= 0.3 is 6.03 Å². The van der Waals surface area contributed by atoms with Crippen molar-refractivity contribution in [2.24, 2.45) is 0 Å². The Hall–Kier alpha value is -3.64. The first-order valence-electron chi connectivity index (χ1n) is 15.0. The van der Waals surface area contributed by atoms with Crippen LogP contribution in [0.4, 0.5) is 16.2 Å². The van der Waals surface area contributed by atoms with Gasteiger partial charge in [-0.05, 0) is 56.4 Å². The summed E-state index contributed by atoms with van der Waals surface area (Å²) >= 11 is 0. The number of nitrogens with zero attached hydrogens (tertiary/aromatic N) is 2. The van der Waals surface area contributed by atoms with Gasteiger partial charge < -0.3 is 25.5 Å². The van der Waals surface area contributed by atoms with E-state index in [4.69, 9.17) is 0 Å². The Morgan fingerprint density at radius 1 is 1.07 bits per heavy atom. The van der Waals surface area contributed by atoms with Crippen LogP contribution in [0.3, 0.4) is 0 Å². The number of sulfonamides is 1. The third-order valence-electron chi connectivity index (χ3n) is 7.96. The van der Waals surface area contributed by atoms with Crippen LogP contribution in [-0.4, -0.2) is 80.3 Å². The van der Waals surface area contributed by atoms with Crippen molar-refractivity contribution in [3.8, 4) is 0 Å². The van der Waals surface area contributed by atoms with Crippen molar-refractivity contribution in [1.29, 1.82) is 0 Å². The van der Waals surface area contributed by atoms with Crippen molar-refractivity contribution in [2.45, 2.75) is 76.5 Å². The molecule has 4 amide bonds. The van der Waals surface area contributed by atoms with Gasteiger partial charge in [-0.1, -0.05) is 49.6 Å². The Labute approximate surface area is 254 Å². The molecule has 1 saturated carbocycles. The van der Waals surface area contributed by atoms with Gasteiger partial charge in [0, 0.05) is 36.8 Å². The number of amides is 4. The van der Waals surface area contributed by atoms with E-state index in [-0.39, 0.29) is 35.8 Å². The lowest BCUT2D eigenvalue weighted by atomic mass is 9.96. The molecule has 0 radical (unpaired) electrons. The summed E-state index contributed by atoms with van der Waals surface area (Å²) in [4.78, 5) is 42.3. The highest BCUT2D eigenvalue weighted by atomic mass is 32.2. The van der Waals surface area contributed by atoms with E-state index in [1.54, 1.807) is 11.0 Å². The predicted molar refractivity (Wildman–Crippen MR) is 167 cm³/mol. The van der Waals surface area contributed by atoms with Gasteiger partial charge in [-0.2, -0.15) is 0 Å². The molecule has 234 valence electrons. The van der Waals surface area contributed by atoms with Crippen molar-refractivity contribution in [1.82, 2.24) is 15.5 Å². The fraction of sp³-hybridized carbons (Fsp3) is 0.516. The summed E-state index contributed by atoms with van der Waals surface area (Å²) in [5.41, 5.74) is 1.59. The number of rotatable bonds is 12. The number of carbonyl (C=O) groups excluding carboxylic acids is 3. The van der Waals surface area contributed by atoms with Crippen LogP contribution in [-0.2, 0) is 21.2 Å². The summed E-state index contributed by atoms with van der Waals surface area (Å²) in [5, 5.41) is 17.4. The van der Waals surface area contributed by atoms with E-state index in [1.807, 2.05) is 37.3 Å². The SMILES string of the molecule is CCN(CC(O)C(Cc1ccccc1)NC(=O)c1cc(NS(C)(=O)=O)cc(N2CCCC2=O)c1)C(=O)NC1CCCCC1.